The zero-order chi connectivity index (χ0) is 14.7. The Hall–Kier alpha value is -2.73. The quantitative estimate of drug-likeness (QED) is 0.790. The molecule has 0 aliphatic rings. The average molecular weight is 282 g/mol. The van der Waals surface area contributed by atoms with Crippen LogP contribution in [0.4, 0.5) is 5.69 Å². The van der Waals surface area contributed by atoms with Gasteiger partial charge in [0.25, 0.3) is 5.89 Å². The van der Waals surface area contributed by atoms with Crippen LogP contribution in [-0.4, -0.2) is 22.2 Å². The second-order valence-corrected chi connectivity index (χ2v) is 4.45. The van der Waals surface area contributed by atoms with E-state index < -0.39 is 0 Å². The molecule has 3 aromatic rings. The van der Waals surface area contributed by atoms with Gasteiger partial charge in [-0.25, -0.2) is 0 Å². The van der Waals surface area contributed by atoms with E-state index in [0.717, 1.165) is 5.56 Å². The van der Waals surface area contributed by atoms with Gasteiger partial charge in [-0.2, -0.15) is 4.98 Å². The molecule has 1 unspecified atom stereocenters. The van der Waals surface area contributed by atoms with Crippen LogP contribution in [0.2, 0.25) is 0 Å². The van der Waals surface area contributed by atoms with E-state index in [1.807, 2.05) is 30.3 Å². The Balaban J connectivity index is 1.96. The van der Waals surface area contributed by atoms with Gasteiger partial charge in [0.15, 0.2) is 0 Å². The molecule has 0 aliphatic carbocycles. The number of rotatable bonds is 4. The lowest BCUT2D eigenvalue weighted by atomic mass is 10.1. The van der Waals surface area contributed by atoms with Gasteiger partial charge in [0, 0.05) is 13.3 Å². The number of ether oxygens (including phenoxy) is 1. The molecule has 0 fully saturated rings. The van der Waals surface area contributed by atoms with Crippen LogP contribution >= 0.6 is 0 Å². The molecule has 6 heteroatoms. The summed E-state index contributed by atoms with van der Waals surface area (Å²) < 4.78 is 10.8. The highest BCUT2D eigenvalue weighted by Crippen LogP contribution is 2.27. The summed E-state index contributed by atoms with van der Waals surface area (Å²) in [5.41, 5.74) is 7.96. The number of aromatic nitrogens is 3. The topological polar surface area (TPSA) is 87.1 Å². The lowest BCUT2D eigenvalue weighted by Crippen LogP contribution is -2.05. The fourth-order valence-corrected chi connectivity index (χ4v) is 2.07. The number of benzene rings is 1. The van der Waals surface area contributed by atoms with Crippen LogP contribution in [0.3, 0.4) is 0 Å². The molecule has 0 amide bonds. The van der Waals surface area contributed by atoms with Gasteiger partial charge in [-0.15, -0.1) is 0 Å². The molecule has 2 N–H and O–H groups in total. The van der Waals surface area contributed by atoms with E-state index in [2.05, 4.69) is 15.1 Å². The minimum absolute atomic E-state index is 0.350. The maximum Gasteiger partial charge on any atom is 0.260 e. The smallest absolute Gasteiger partial charge is 0.260 e. The van der Waals surface area contributed by atoms with Crippen molar-refractivity contribution < 1.29 is 9.26 Å². The van der Waals surface area contributed by atoms with Crippen LogP contribution in [0.25, 0.3) is 11.5 Å². The first-order chi connectivity index (χ1) is 10.3. The van der Waals surface area contributed by atoms with Crippen LogP contribution in [-0.2, 0) is 4.74 Å². The molecule has 0 aliphatic heterocycles. The minimum atomic E-state index is -0.383. The van der Waals surface area contributed by atoms with Gasteiger partial charge >= 0.3 is 0 Å². The van der Waals surface area contributed by atoms with Crippen molar-refractivity contribution in [2.45, 2.75) is 6.10 Å². The Bertz CT molecular complexity index is 727. The lowest BCUT2D eigenvalue weighted by molar-refractivity contribution is 0.126. The fourth-order valence-electron chi connectivity index (χ4n) is 2.07. The molecular formula is C15H14N4O2. The molecule has 2 aromatic heterocycles. The van der Waals surface area contributed by atoms with Crippen molar-refractivity contribution >= 4 is 5.69 Å². The zero-order valence-electron chi connectivity index (χ0n) is 11.4. The molecule has 2 heterocycles. The monoisotopic (exact) mass is 282 g/mol. The van der Waals surface area contributed by atoms with Gasteiger partial charge in [0.05, 0.1) is 17.4 Å². The molecule has 21 heavy (non-hydrogen) atoms. The number of pyridine rings is 1. The Morgan fingerprint density at radius 1 is 1.19 bits per heavy atom. The first-order valence-corrected chi connectivity index (χ1v) is 6.41. The molecule has 0 saturated heterocycles. The van der Waals surface area contributed by atoms with Gasteiger partial charge in [0.2, 0.25) is 5.82 Å². The van der Waals surface area contributed by atoms with Gasteiger partial charge in [0.1, 0.15) is 6.10 Å². The maximum absolute atomic E-state index is 5.86. The van der Waals surface area contributed by atoms with Crippen molar-refractivity contribution in [3.8, 4) is 11.5 Å². The van der Waals surface area contributed by atoms with Gasteiger partial charge in [-0.05, 0) is 11.6 Å². The summed E-state index contributed by atoms with van der Waals surface area (Å²) in [6, 6.07) is 11.4. The van der Waals surface area contributed by atoms with Gasteiger partial charge in [-0.3, -0.25) is 4.98 Å². The number of nitrogens with zero attached hydrogens (tertiary/aromatic N) is 3. The van der Waals surface area contributed by atoms with Crippen molar-refractivity contribution in [3.05, 3.63) is 60.2 Å². The summed E-state index contributed by atoms with van der Waals surface area (Å²) in [5, 5.41) is 3.99. The third kappa shape index (κ3) is 2.61. The molecule has 0 saturated carbocycles. The maximum atomic E-state index is 5.86. The van der Waals surface area contributed by atoms with E-state index in [-0.39, 0.29) is 6.10 Å². The lowest BCUT2D eigenvalue weighted by Gasteiger charge is -2.10. The third-order valence-corrected chi connectivity index (χ3v) is 3.10. The first-order valence-electron chi connectivity index (χ1n) is 6.41. The highest BCUT2D eigenvalue weighted by molar-refractivity contribution is 5.68. The van der Waals surface area contributed by atoms with Crippen LogP contribution in [0.5, 0.6) is 0 Å². The molecule has 0 bridgehead atoms. The Labute approximate surface area is 121 Å². The van der Waals surface area contributed by atoms with E-state index in [4.69, 9.17) is 15.0 Å². The van der Waals surface area contributed by atoms with E-state index in [9.17, 15) is 0 Å². The molecule has 106 valence electrons. The average Bonchev–Trinajstić information content (AvgIpc) is 2.99. The Morgan fingerprint density at radius 3 is 2.71 bits per heavy atom. The zero-order valence-corrected chi connectivity index (χ0v) is 11.4. The second-order valence-electron chi connectivity index (χ2n) is 4.45. The normalized spacial score (nSPS) is 12.2. The highest BCUT2D eigenvalue weighted by atomic mass is 16.5. The summed E-state index contributed by atoms with van der Waals surface area (Å²) >= 11 is 0. The predicted octanol–water partition coefficient (Wildman–Crippen LogP) is 2.45. The van der Waals surface area contributed by atoms with Crippen molar-refractivity contribution in [2.24, 2.45) is 0 Å². The summed E-state index contributed by atoms with van der Waals surface area (Å²) in [6.45, 7) is 0. The molecule has 1 atom stereocenters. The largest absolute Gasteiger partial charge is 0.397 e. The van der Waals surface area contributed by atoms with Crippen molar-refractivity contribution in [2.75, 3.05) is 12.8 Å². The van der Waals surface area contributed by atoms with Crippen LogP contribution < -0.4 is 5.73 Å². The number of hydrogen-bond donors (Lipinski definition) is 1. The summed E-state index contributed by atoms with van der Waals surface area (Å²) in [4.78, 5) is 8.31. The molecule has 0 spiro atoms. The molecular weight excluding hydrogens is 268 g/mol. The molecule has 1 aromatic carbocycles. The van der Waals surface area contributed by atoms with Crippen LogP contribution in [0, 0.1) is 0 Å². The fraction of sp³-hybridized carbons (Fsp3) is 0.133. The van der Waals surface area contributed by atoms with Gasteiger partial charge < -0.3 is 15.0 Å². The number of nitrogen functional groups attached to an aromatic ring is 1. The van der Waals surface area contributed by atoms with Gasteiger partial charge in [-0.1, -0.05) is 35.5 Å². The highest BCUT2D eigenvalue weighted by Gasteiger charge is 2.21. The van der Waals surface area contributed by atoms with E-state index >= 15 is 0 Å². The third-order valence-electron chi connectivity index (χ3n) is 3.10. The van der Waals surface area contributed by atoms with Crippen LogP contribution in [0.1, 0.15) is 17.5 Å². The molecule has 0 radical (unpaired) electrons. The van der Waals surface area contributed by atoms with E-state index in [1.54, 1.807) is 25.6 Å². The molecule has 6 nitrogen and oxygen atoms in total. The summed E-state index contributed by atoms with van der Waals surface area (Å²) in [6.07, 6.45) is 2.79. The van der Waals surface area contributed by atoms with E-state index in [1.165, 1.54) is 0 Å². The summed E-state index contributed by atoms with van der Waals surface area (Å²) in [7, 11) is 1.61. The number of methoxy groups -OCH3 is 1. The van der Waals surface area contributed by atoms with Crippen molar-refractivity contribution in [3.63, 3.8) is 0 Å². The molecule has 3 rings (SSSR count). The van der Waals surface area contributed by atoms with E-state index in [0.29, 0.717) is 23.0 Å². The Kier molecular flexibility index (Phi) is 3.61. The number of anilines is 1. The summed E-state index contributed by atoms with van der Waals surface area (Å²) in [5.74, 6) is 0.804. The van der Waals surface area contributed by atoms with Crippen molar-refractivity contribution in [1.29, 1.82) is 0 Å². The number of hydrogen-bond acceptors (Lipinski definition) is 6. The van der Waals surface area contributed by atoms with Crippen LogP contribution in [0.15, 0.2) is 53.3 Å². The SMILES string of the molecule is COC(c1ccccc1)c1noc(-c2ccncc2N)n1. The second kappa shape index (κ2) is 5.72. The first kappa shape index (κ1) is 13.3. The number of nitrogens with two attached hydrogens (primary N) is 1. The standard InChI is InChI=1S/C15H14N4O2/c1-20-13(10-5-3-2-4-6-10)14-18-15(21-19-14)11-7-8-17-9-12(11)16/h2-9,13H,16H2,1H3. The minimum Gasteiger partial charge on any atom is -0.397 e. The Morgan fingerprint density at radius 2 is 2.00 bits per heavy atom. The predicted molar refractivity (Wildman–Crippen MR) is 77.2 cm³/mol. The van der Waals surface area contributed by atoms with Crippen molar-refractivity contribution in [1.82, 2.24) is 15.1 Å².